The van der Waals surface area contributed by atoms with Crippen LogP contribution in [0.1, 0.15) is 81.4 Å². The van der Waals surface area contributed by atoms with Crippen LogP contribution in [0.15, 0.2) is 48.5 Å². The summed E-state index contributed by atoms with van der Waals surface area (Å²) in [6, 6.07) is 17.8. The summed E-state index contributed by atoms with van der Waals surface area (Å²) in [7, 11) is 0. The minimum Gasteiger partial charge on any atom is -0.491 e. The molecule has 35 heavy (non-hydrogen) atoms. The van der Waals surface area contributed by atoms with Gasteiger partial charge in [-0.1, -0.05) is 62.7 Å². The van der Waals surface area contributed by atoms with Crippen LogP contribution in [-0.2, 0) is 17.8 Å². The minimum absolute atomic E-state index is 0.195. The number of ether oxygens (including phenoxy) is 1. The third-order valence-corrected chi connectivity index (χ3v) is 8.71. The SMILES string of the molecule is CC(C)c1ccc(CN2CCC3(CCCCc4ccccc4OC[C@H]4CCCN4C3=O)CC2)cc1. The Kier molecular flexibility index (Phi) is 7.48. The standard InChI is InChI=1S/C31H42N2O2/c1-24(2)26-14-12-25(13-15-26)22-32-20-17-31(18-21-32)16-6-5-9-27-8-3-4-11-29(27)35-23-28-10-7-19-33(28)30(31)34/h3-4,8,11-15,24,28H,5-7,9-10,16-23H2,1-2H3/t28-/m1/s1. The second-order valence-corrected chi connectivity index (χ2v) is 11.4. The number of fused-ring (bicyclic) bond motifs is 2. The van der Waals surface area contributed by atoms with Crippen LogP contribution in [0.3, 0.4) is 0 Å². The van der Waals surface area contributed by atoms with E-state index in [-0.39, 0.29) is 11.5 Å². The average Bonchev–Trinajstić information content (AvgIpc) is 3.35. The maximum Gasteiger partial charge on any atom is 0.229 e. The van der Waals surface area contributed by atoms with Gasteiger partial charge in [0.05, 0.1) is 11.5 Å². The topological polar surface area (TPSA) is 32.8 Å². The van der Waals surface area contributed by atoms with Crippen molar-refractivity contribution in [2.75, 3.05) is 26.2 Å². The Bertz CT molecular complexity index is 991. The van der Waals surface area contributed by atoms with Gasteiger partial charge in [0.15, 0.2) is 0 Å². The van der Waals surface area contributed by atoms with Crippen molar-refractivity contribution in [3.8, 4) is 5.75 Å². The lowest BCUT2D eigenvalue weighted by Gasteiger charge is -2.44. The highest BCUT2D eigenvalue weighted by atomic mass is 16.5. The van der Waals surface area contributed by atoms with Crippen LogP contribution in [0.4, 0.5) is 0 Å². The van der Waals surface area contributed by atoms with Crippen molar-refractivity contribution in [2.24, 2.45) is 5.41 Å². The number of amides is 1. The fourth-order valence-electron chi connectivity index (χ4n) is 6.37. The van der Waals surface area contributed by atoms with Crippen molar-refractivity contribution in [2.45, 2.75) is 83.7 Å². The summed E-state index contributed by atoms with van der Waals surface area (Å²) in [5, 5.41) is 0. The zero-order chi connectivity index (χ0) is 24.3. The van der Waals surface area contributed by atoms with Crippen molar-refractivity contribution >= 4 is 5.91 Å². The molecule has 3 aliphatic rings. The minimum atomic E-state index is -0.195. The third kappa shape index (κ3) is 5.43. The van der Waals surface area contributed by atoms with Crippen LogP contribution in [0.25, 0.3) is 0 Å². The normalized spacial score (nSPS) is 23.3. The first-order valence-corrected chi connectivity index (χ1v) is 13.9. The van der Waals surface area contributed by atoms with Gasteiger partial charge in [0.25, 0.3) is 0 Å². The Morgan fingerprint density at radius 1 is 0.943 bits per heavy atom. The number of benzene rings is 2. The molecule has 0 N–H and O–H groups in total. The van der Waals surface area contributed by atoms with E-state index in [1.165, 1.54) is 16.7 Å². The highest BCUT2D eigenvalue weighted by Gasteiger charge is 2.45. The van der Waals surface area contributed by atoms with Crippen LogP contribution in [0.5, 0.6) is 5.75 Å². The van der Waals surface area contributed by atoms with E-state index in [0.717, 1.165) is 83.3 Å². The predicted octanol–water partition coefficient (Wildman–Crippen LogP) is 6.19. The molecule has 1 atom stereocenters. The van der Waals surface area contributed by atoms with Gasteiger partial charge in [-0.15, -0.1) is 0 Å². The van der Waals surface area contributed by atoms with E-state index >= 15 is 0 Å². The van der Waals surface area contributed by atoms with Crippen LogP contribution in [0, 0.1) is 5.41 Å². The summed E-state index contributed by atoms with van der Waals surface area (Å²) in [4.78, 5) is 18.8. The largest absolute Gasteiger partial charge is 0.491 e. The molecule has 188 valence electrons. The number of hydrogen-bond donors (Lipinski definition) is 0. The van der Waals surface area contributed by atoms with Crippen molar-refractivity contribution in [1.29, 1.82) is 0 Å². The Labute approximate surface area is 211 Å². The van der Waals surface area contributed by atoms with Crippen LogP contribution in [-0.4, -0.2) is 48.0 Å². The fourth-order valence-corrected chi connectivity index (χ4v) is 6.37. The molecule has 0 radical (unpaired) electrons. The molecule has 0 unspecified atom stereocenters. The first-order valence-electron chi connectivity index (χ1n) is 13.9. The summed E-state index contributed by atoms with van der Waals surface area (Å²) in [6.45, 7) is 9.01. The second-order valence-electron chi connectivity index (χ2n) is 11.4. The van der Waals surface area contributed by atoms with E-state index in [0.29, 0.717) is 18.4 Å². The van der Waals surface area contributed by atoms with E-state index in [2.05, 4.69) is 72.2 Å². The molecule has 0 bridgehead atoms. The maximum absolute atomic E-state index is 14.1. The summed E-state index contributed by atoms with van der Waals surface area (Å²) in [5.41, 5.74) is 3.90. The number of piperidine rings is 1. The lowest BCUT2D eigenvalue weighted by Crippen LogP contribution is -2.52. The van der Waals surface area contributed by atoms with E-state index < -0.39 is 0 Å². The molecular weight excluding hydrogens is 432 g/mol. The van der Waals surface area contributed by atoms with Crippen LogP contribution >= 0.6 is 0 Å². The number of hydrogen-bond acceptors (Lipinski definition) is 3. The average molecular weight is 475 g/mol. The van der Waals surface area contributed by atoms with Crippen molar-refractivity contribution in [3.63, 3.8) is 0 Å². The Hall–Kier alpha value is -2.33. The van der Waals surface area contributed by atoms with Gasteiger partial charge < -0.3 is 9.64 Å². The molecule has 1 spiro atoms. The molecule has 1 amide bonds. The zero-order valence-corrected chi connectivity index (χ0v) is 21.7. The Morgan fingerprint density at radius 3 is 2.49 bits per heavy atom. The van der Waals surface area contributed by atoms with Gasteiger partial charge in [-0.05, 0) is 86.7 Å². The summed E-state index contributed by atoms with van der Waals surface area (Å²) in [6.07, 6.45) is 8.40. The van der Waals surface area contributed by atoms with Gasteiger partial charge in [0.1, 0.15) is 12.4 Å². The monoisotopic (exact) mass is 474 g/mol. The summed E-state index contributed by atoms with van der Waals surface area (Å²) < 4.78 is 6.30. The van der Waals surface area contributed by atoms with Crippen molar-refractivity contribution in [1.82, 2.24) is 9.80 Å². The highest BCUT2D eigenvalue weighted by Crippen LogP contribution is 2.41. The number of carbonyl (C=O) groups is 1. The molecule has 2 aromatic rings. The molecule has 0 aromatic heterocycles. The third-order valence-electron chi connectivity index (χ3n) is 8.71. The zero-order valence-electron chi connectivity index (χ0n) is 21.7. The lowest BCUT2D eigenvalue weighted by atomic mass is 9.72. The molecule has 2 aromatic carbocycles. The van der Waals surface area contributed by atoms with E-state index in [4.69, 9.17) is 4.74 Å². The van der Waals surface area contributed by atoms with Gasteiger partial charge >= 0.3 is 0 Å². The van der Waals surface area contributed by atoms with Crippen LogP contribution in [0.2, 0.25) is 0 Å². The maximum atomic E-state index is 14.1. The first-order chi connectivity index (χ1) is 17.0. The molecule has 4 nitrogen and oxygen atoms in total. The van der Waals surface area contributed by atoms with Gasteiger partial charge in [-0.3, -0.25) is 9.69 Å². The number of rotatable bonds is 3. The van der Waals surface area contributed by atoms with Crippen LogP contribution < -0.4 is 4.74 Å². The van der Waals surface area contributed by atoms with Gasteiger partial charge in [-0.25, -0.2) is 0 Å². The van der Waals surface area contributed by atoms with E-state index in [1.54, 1.807) is 0 Å². The number of nitrogens with zero attached hydrogens (tertiary/aromatic N) is 2. The molecule has 3 heterocycles. The van der Waals surface area contributed by atoms with E-state index in [9.17, 15) is 4.79 Å². The van der Waals surface area contributed by atoms with Gasteiger partial charge in [0.2, 0.25) is 5.91 Å². The molecule has 0 saturated carbocycles. The number of para-hydroxylation sites is 1. The quantitative estimate of drug-likeness (QED) is 0.532. The molecule has 4 heteroatoms. The smallest absolute Gasteiger partial charge is 0.229 e. The van der Waals surface area contributed by atoms with Gasteiger partial charge in [-0.2, -0.15) is 0 Å². The molecular formula is C31H42N2O2. The summed E-state index contributed by atoms with van der Waals surface area (Å²) in [5.74, 6) is 1.99. The first kappa shape index (κ1) is 24.4. The predicted molar refractivity (Wildman–Crippen MR) is 142 cm³/mol. The molecule has 2 fully saturated rings. The van der Waals surface area contributed by atoms with Crippen molar-refractivity contribution < 1.29 is 9.53 Å². The lowest BCUT2D eigenvalue weighted by molar-refractivity contribution is -0.147. The second kappa shape index (κ2) is 10.7. The Morgan fingerprint density at radius 2 is 1.71 bits per heavy atom. The molecule has 0 aliphatic carbocycles. The number of likely N-dealkylation sites (tertiary alicyclic amines) is 1. The number of carbonyl (C=O) groups excluding carboxylic acids is 1. The highest BCUT2D eigenvalue weighted by molar-refractivity contribution is 5.83. The molecule has 5 rings (SSSR count). The molecule has 3 aliphatic heterocycles. The molecule has 2 saturated heterocycles. The van der Waals surface area contributed by atoms with Crippen molar-refractivity contribution in [3.05, 3.63) is 65.2 Å². The summed E-state index contributed by atoms with van der Waals surface area (Å²) >= 11 is 0. The number of aryl methyl sites for hydroxylation is 1. The Balaban J connectivity index is 1.28. The van der Waals surface area contributed by atoms with E-state index in [1.807, 2.05) is 0 Å². The van der Waals surface area contributed by atoms with Gasteiger partial charge in [0, 0.05) is 13.1 Å². The fraction of sp³-hybridized carbons (Fsp3) is 0.581.